The van der Waals surface area contributed by atoms with Crippen molar-refractivity contribution in [2.45, 2.75) is 30.4 Å². The molecule has 132 valence electrons. The fourth-order valence-corrected chi connectivity index (χ4v) is 3.74. The van der Waals surface area contributed by atoms with Crippen molar-refractivity contribution in [3.63, 3.8) is 0 Å². The molecule has 7 nitrogen and oxygen atoms in total. The van der Waals surface area contributed by atoms with Gasteiger partial charge in [0.1, 0.15) is 16.3 Å². The molecule has 0 aromatic carbocycles. The van der Waals surface area contributed by atoms with Crippen molar-refractivity contribution in [1.82, 2.24) is 14.4 Å². The summed E-state index contributed by atoms with van der Waals surface area (Å²) in [7, 11) is -2.16. The molecule has 2 N–H and O–H groups in total. The first kappa shape index (κ1) is 17.2. The highest BCUT2D eigenvalue weighted by molar-refractivity contribution is 7.92. The average molecular weight is 360 g/mol. The SMILES string of the molecule is COc1cc2ncc(-c3ccc(N)cn3)n2cc1S(=O)(=O)C(C)(C)C. The van der Waals surface area contributed by atoms with Gasteiger partial charge in [0.2, 0.25) is 0 Å². The number of nitrogen functional groups attached to an aromatic ring is 1. The summed E-state index contributed by atoms with van der Waals surface area (Å²) in [5, 5.41) is 0. The lowest BCUT2D eigenvalue weighted by atomic mass is 10.2. The molecule has 25 heavy (non-hydrogen) atoms. The van der Waals surface area contributed by atoms with E-state index < -0.39 is 14.6 Å². The van der Waals surface area contributed by atoms with Gasteiger partial charge in [-0.05, 0) is 32.9 Å². The largest absolute Gasteiger partial charge is 0.495 e. The third kappa shape index (κ3) is 2.82. The minimum Gasteiger partial charge on any atom is -0.495 e. The topological polar surface area (TPSA) is 99.6 Å². The van der Waals surface area contributed by atoms with Crippen LogP contribution in [0, 0.1) is 0 Å². The lowest BCUT2D eigenvalue weighted by Crippen LogP contribution is -2.28. The van der Waals surface area contributed by atoms with E-state index >= 15 is 0 Å². The maximum atomic E-state index is 12.9. The van der Waals surface area contributed by atoms with E-state index in [4.69, 9.17) is 10.5 Å². The first-order valence-corrected chi connectivity index (χ1v) is 9.15. The molecule has 0 unspecified atom stereocenters. The van der Waals surface area contributed by atoms with Crippen LogP contribution in [0.25, 0.3) is 17.0 Å². The zero-order valence-electron chi connectivity index (χ0n) is 14.5. The first-order chi connectivity index (χ1) is 11.6. The van der Waals surface area contributed by atoms with Crippen LogP contribution in [0.5, 0.6) is 5.75 Å². The second-order valence-corrected chi connectivity index (χ2v) is 9.34. The Balaban J connectivity index is 2.29. The van der Waals surface area contributed by atoms with Crippen LogP contribution in [0.1, 0.15) is 20.8 Å². The predicted molar refractivity (Wildman–Crippen MR) is 96.3 cm³/mol. The molecule has 3 aromatic rings. The van der Waals surface area contributed by atoms with Gasteiger partial charge < -0.3 is 10.5 Å². The molecule has 0 fully saturated rings. The van der Waals surface area contributed by atoms with E-state index in [1.54, 1.807) is 55.8 Å². The van der Waals surface area contributed by atoms with Crippen molar-refractivity contribution in [3.8, 4) is 17.1 Å². The minimum atomic E-state index is -3.61. The minimum absolute atomic E-state index is 0.115. The maximum absolute atomic E-state index is 12.9. The molecule has 3 rings (SSSR count). The Morgan fingerprint density at radius 1 is 1.16 bits per heavy atom. The number of sulfone groups is 1. The third-order valence-corrected chi connectivity index (χ3v) is 6.44. The Morgan fingerprint density at radius 3 is 2.44 bits per heavy atom. The molecule has 0 aliphatic rings. The van der Waals surface area contributed by atoms with Gasteiger partial charge in [-0.1, -0.05) is 0 Å². The van der Waals surface area contributed by atoms with Crippen molar-refractivity contribution in [1.29, 1.82) is 0 Å². The molecule has 0 aliphatic carbocycles. The van der Waals surface area contributed by atoms with Crippen molar-refractivity contribution < 1.29 is 13.2 Å². The first-order valence-electron chi connectivity index (χ1n) is 7.67. The number of nitrogens with two attached hydrogens (primary N) is 1. The van der Waals surface area contributed by atoms with Crippen molar-refractivity contribution in [2.24, 2.45) is 0 Å². The predicted octanol–water partition coefficient (Wildman–Crippen LogP) is 2.56. The van der Waals surface area contributed by atoms with Gasteiger partial charge in [0.25, 0.3) is 0 Å². The summed E-state index contributed by atoms with van der Waals surface area (Å²) in [4.78, 5) is 8.73. The highest BCUT2D eigenvalue weighted by Gasteiger charge is 2.34. The molecule has 3 aromatic heterocycles. The van der Waals surface area contributed by atoms with Gasteiger partial charge in [-0.2, -0.15) is 0 Å². The number of anilines is 1. The van der Waals surface area contributed by atoms with Crippen LogP contribution < -0.4 is 10.5 Å². The zero-order chi connectivity index (χ0) is 18.4. The van der Waals surface area contributed by atoms with E-state index in [9.17, 15) is 8.42 Å². The van der Waals surface area contributed by atoms with E-state index in [1.165, 1.54) is 13.3 Å². The number of ether oxygens (including phenoxy) is 1. The Bertz CT molecular complexity index is 1030. The number of fused-ring (bicyclic) bond motifs is 1. The van der Waals surface area contributed by atoms with Crippen LogP contribution in [0.4, 0.5) is 5.69 Å². The summed E-state index contributed by atoms with van der Waals surface area (Å²) in [6.07, 6.45) is 4.72. The number of imidazole rings is 1. The Kier molecular flexibility index (Phi) is 3.95. The number of hydrogen-bond donors (Lipinski definition) is 1. The summed E-state index contributed by atoms with van der Waals surface area (Å²) < 4.78 is 31.9. The number of methoxy groups -OCH3 is 1. The van der Waals surface area contributed by atoms with Crippen LogP contribution >= 0.6 is 0 Å². The average Bonchev–Trinajstić information content (AvgIpc) is 2.96. The van der Waals surface area contributed by atoms with Crippen LogP contribution in [0.15, 0.2) is 41.7 Å². The molecular formula is C17H20N4O3S. The summed E-state index contributed by atoms with van der Waals surface area (Å²) in [6.45, 7) is 4.97. The molecule has 0 atom stereocenters. The fourth-order valence-electron chi connectivity index (χ4n) is 2.42. The van der Waals surface area contributed by atoms with Gasteiger partial charge in [-0.15, -0.1) is 0 Å². The highest BCUT2D eigenvalue weighted by Crippen LogP contribution is 2.34. The molecule has 0 radical (unpaired) electrons. The Morgan fingerprint density at radius 2 is 1.88 bits per heavy atom. The van der Waals surface area contributed by atoms with Gasteiger partial charge in [0.05, 0.1) is 41.3 Å². The standard InChI is InChI=1S/C17H20N4O3S/c1-17(2,3)25(22,23)15-10-21-13(12-6-5-11(18)8-19-12)9-20-16(21)7-14(15)24-4/h5-10H,18H2,1-4H3. The van der Waals surface area contributed by atoms with Crippen LogP contribution in [-0.2, 0) is 9.84 Å². The second kappa shape index (κ2) is 5.73. The number of aromatic nitrogens is 3. The van der Waals surface area contributed by atoms with Gasteiger partial charge >= 0.3 is 0 Å². The summed E-state index contributed by atoms with van der Waals surface area (Å²) in [6, 6.07) is 5.11. The third-order valence-electron chi connectivity index (χ3n) is 3.94. The lowest BCUT2D eigenvalue weighted by Gasteiger charge is -2.21. The molecule has 3 heterocycles. The maximum Gasteiger partial charge on any atom is 0.188 e. The Labute approximate surface area is 146 Å². The molecular weight excluding hydrogens is 340 g/mol. The molecule has 8 heteroatoms. The molecule has 0 bridgehead atoms. The smallest absolute Gasteiger partial charge is 0.188 e. The number of pyridine rings is 2. The zero-order valence-corrected chi connectivity index (χ0v) is 15.3. The molecule has 0 saturated heterocycles. The Hall–Kier alpha value is -2.61. The fraction of sp³-hybridized carbons (Fsp3) is 0.294. The van der Waals surface area contributed by atoms with E-state index in [0.29, 0.717) is 22.7 Å². The van der Waals surface area contributed by atoms with E-state index in [0.717, 1.165) is 0 Å². The van der Waals surface area contributed by atoms with Crippen molar-refractivity contribution >= 4 is 21.2 Å². The summed E-state index contributed by atoms with van der Waals surface area (Å²) in [5.74, 6) is 0.268. The quantitative estimate of drug-likeness (QED) is 0.770. The van der Waals surface area contributed by atoms with Gasteiger partial charge in [0.15, 0.2) is 9.84 Å². The van der Waals surface area contributed by atoms with Gasteiger partial charge in [-0.3, -0.25) is 9.38 Å². The highest BCUT2D eigenvalue weighted by atomic mass is 32.2. The van der Waals surface area contributed by atoms with Gasteiger partial charge in [-0.25, -0.2) is 13.4 Å². The monoisotopic (exact) mass is 360 g/mol. The van der Waals surface area contributed by atoms with Crippen LogP contribution in [-0.4, -0.2) is 34.6 Å². The molecule has 0 amide bonds. The number of nitrogens with zero attached hydrogens (tertiary/aromatic N) is 3. The van der Waals surface area contributed by atoms with E-state index in [2.05, 4.69) is 9.97 Å². The lowest BCUT2D eigenvalue weighted by molar-refractivity contribution is 0.401. The molecule has 0 spiro atoms. The van der Waals surface area contributed by atoms with E-state index in [1.807, 2.05) is 0 Å². The summed E-state index contributed by atoms with van der Waals surface area (Å²) in [5.41, 5.74) is 8.11. The van der Waals surface area contributed by atoms with Crippen LogP contribution in [0.2, 0.25) is 0 Å². The summed E-state index contributed by atoms with van der Waals surface area (Å²) >= 11 is 0. The van der Waals surface area contributed by atoms with Crippen molar-refractivity contribution in [3.05, 3.63) is 36.8 Å². The molecule has 0 saturated carbocycles. The van der Waals surface area contributed by atoms with Crippen molar-refractivity contribution in [2.75, 3.05) is 12.8 Å². The number of rotatable bonds is 3. The normalized spacial score (nSPS) is 12.5. The van der Waals surface area contributed by atoms with Crippen LogP contribution in [0.3, 0.4) is 0 Å². The molecule has 0 aliphatic heterocycles. The van der Waals surface area contributed by atoms with E-state index in [-0.39, 0.29) is 10.6 Å². The van der Waals surface area contributed by atoms with Gasteiger partial charge in [0, 0.05) is 12.3 Å². The second-order valence-electron chi connectivity index (χ2n) is 6.67. The number of hydrogen-bond acceptors (Lipinski definition) is 6.